The van der Waals surface area contributed by atoms with Crippen molar-refractivity contribution in [3.63, 3.8) is 0 Å². The summed E-state index contributed by atoms with van der Waals surface area (Å²) in [6.07, 6.45) is 0. The van der Waals surface area contributed by atoms with Crippen molar-refractivity contribution < 1.29 is 0 Å². The second-order valence-electron chi connectivity index (χ2n) is 5.01. The van der Waals surface area contributed by atoms with Crippen LogP contribution in [0.3, 0.4) is 0 Å². The Morgan fingerprint density at radius 1 is 1.32 bits per heavy atom. The van der Waals surface area contributed by atoms with Crippen LogP contribution in [0.15, 0.2) is 35.1 Å². The van der Waals surface area contributed by atoms with E-state index in [4.69, 9.17) is 5.26 Å². The Morgan fingerprint density at radius 3 is 2.86 bits per heavy atom. The van der Waals surface area contributed by atoms with E-state index in [1.54, 1.807) is 6.07 Å². The zero-order chi connectivity index (χ0) is 15.7. The maximum atomic E-state index is 12.3. The number of benzene rings is 1. The molecule has 1 aromatic carbocycles. The van der Waals surface area contributed by atoms with Gasteiger partial charge in [0.05, 0.1) is 6.07 Å². The molecular formula is C15H14N6O. The summed E-state index contributed by atoms with van der Waals surface area (Å²) >= 11 is 0. The molecule has 3 rings (SSSR count). The third-order valence-electron chi connectivity index (χ3n) is 3.19. The average Bonchev–Trinajstić information content (AvgIpc) is 2.75. The lowest BCUT2D eigenvalue weighted by molar-refractivity contribution is 0.679. The van der Waals surface area contributed by atoms with Crippen LogP contribution in [0.4, 0.5) is 11.6 Å². The van der Waals surface area contributed by atoms with E-state index >= 15 is 0 Å². The molecule has 0 aliphatic rings. The fraction of sp³-hybridized carbons (Fsp3) is 0.200. The Hall–Kier alpha value is -3.14. The number of anilines is 2. The van der Waals surface area contributed by atoms with Crippen molar-refractivity contribution in [3.05, 3.63) is 52.1 Å². The van der Waals surface area contributed by atoms with Gasteiger partial charge in [0.1, 0.15) is 6.54 Å². The van der Waals surface area contributed by atoms with E-state index in [0.717, 1.165) is 21.6 Å². The number of hydrogen-bond donors (Lipinski definition) is 1. The quantitative estimate of drug-likeness (QED) is 0.795. The Bertz CT molecular complexity index is 947. The summed E-state index contributed by atoms with van der Waals surface area (Å²) in [5.41, 5.74) is 2.74. The summed E-state index contributed by atoms with van der Waals surface area (Å²) in [6, 6.07) is 11.4. The van der Waals surface area contributed by atoms with Crippen molar-refractivity contribution in [3.8, 4) is 6.07 Å². The Morgan fingerprint density at radius 2 is 2.14 bits per heavy atom. The van der Waals surface area contributed by atoms with Gasteiger partial charge in [0.25, 0.3) is 0 Å². The van der Waals surface area contributed by atoms with Gasteiger partial charge in [-0.25, -0.2) is 14.2 Å². The van der Waals surface area contributed by atoms with Crippen molar-refractivity contribution >= 4 is 17.3 Å². The molecule has 22 heavy (non-hydrogen) atoms. The molecule has 0 atom stereocenters. The molecule has 2 aromatic heterocycles. The van der Waals surface area contributed by atoms with Gasteiger partial charge >= 0.3 is 5.69 Å². The van der Waals surface area contributed by atoms with Gasteiger partial charge in [0, 0.05) is 17.4 Å². The van der Waals surface area contributed by atoms with Gasteiger partial charge in [0.15, 0.2) is 5.65 Å². The van der Waals surface area contributed by atoms with E-state index in [0.29, 0.717) is 11.6 Å². The molecule has 1 N–H and O–H groups in total. The van der Waals surface area contributed by atoms with Crippen LogP contribution in [0.2, 0.25) is 0 Å². The summed E-state index contributed by atoms with van der Waals surface area (Å²) in [5, 5.41) is 16.1. The van der Waals surface area contributed by atoms with Crippen LogP contribution < -0.4 is 11.0 Å². The molecule has 0 saturated carbocycles. The Balaban J connectivity index is 2.16. The summed E-state index contributed by atoms with van der Waals surface area (Å²) < 4.78 is 2.49. The van der Waals surface area contributed by atoms with Crippen molar-refractivity contribution in [2.45, 2.75) is 20.4 Å². The molecule has 2 heterocycles. The lowest BCUT2D eigenvalue weighted by Crippen LogP contribution is -2.22. The summed E-state index contributed by atoms with van der Waals surface area (Å²) in [6.45, 7) is 3.72. The van der Waals surface area contributed by atoms with Crippen LogP contribution in [0.25, 0.3) is 5.65 Å². The molecule has 0 spiro atoms. The maximum absolute atomic E-state index is 12.3. The Labute approximate surface area is 126 Å². The summed E-state index contributed by atoms with van der Waals surface area (Å²) in [5.74, 6) is 0.384. The van der Waals surface area contributed by atoms with Crippen LogP contribution in [-0.4, -0.2) is 19.2 Å². The highest BCUT2D eigenvalue weighted by molar-refractivity contribution is 5.57. The van der Waals surface area contributed by atoms with E-state index in [2.05, 4.69) is 15.4 Å². The number of nitrogens with zero attached hydrogens (tertiary/aromatic N) is 5. The van der Waals surface area contributed by atoms with Crippen LogP contribution in [0.1, 0.15) is 11.3 Å². The molecule has 0 radical (unpaired) electrons. The molecule has 0 unspecified atom stereocenters. The molecule has 3 aromatic rings. The third-order valence-corrected chi connectivity index (χ3v) is 3.19. The van der Waals surface area contributed by atoms with Crippen LogP contribution in [-0.2, 0) is 6.54 Å². The van der Waals surface area contributed by atoms with Crippen molar-refractivity contribution in [2.24, 2.45) is 0 Å². The van der Waals surface area contributed by atoms with Crippen molar-refractivity contribution in [1.82, 2.24) is 19.2 Å². The van der Waals surface area contributed by atoms with Gasteiger partial charge in [-0.15, -0.1) is 5.10 Å². The average molecular weight is 294 g/mol. The number of hydrogen-bond acceptors (Lipinski definition) is 5. The SMILES string of the molecule is Cc1cccc(Nc2nc(C)cc3nn(CC#N)c(=O)n23)c1. The molecule has 0 aliphatic carbocycles. The van der Waals surface area contributed by atoms with E-state index < -0.39 is 0 Å². The van der Waals surface area contributed by atoms with Gasteiger partial charge in [-0.2, -0.15) is 9.94 Å². The number of aryl methyl sites for hydroxylation is 2. The summed E-state index contributed by atoms with van der Waals surface area (Å²) in [4.78, 5) is 16.7. The maximum Gasteiger partial charge on any atom is 0.354 e. The molecule has 0 saturated heterocycles. The molecular weight excluding hydrogens is 280 g/mol. The molecule has 7 heteroatoms. The Kier molecular flexibility index (Phi) is 3.35. The van der Waals surface area contributed by atoms with E-state index in [1.165, 1.54) is 4.40 Å². The highest BCUT2D eigenvalue weighted by Crippen LogP contribution is 2.16. The first kappa shape index (κ1) is 13.8. The van der Waals surface area contributed by atoms with E-state index in [-0.39, 0.29) is 12.2 Å². The minimum absolute atomic E-state index is 0.0938. The highest BCUT2D eigenvalue weighted by atomic mass is 16.2. The largest absolute Gasteiger partial charge is 0.354 e. The lowest BCUT2D eigenvalue weighted by atomic mass is 10.2. The topological polar surface area (TPSA) is 88.0 Å². The standard InChI is InChI=1S/C15H14N6O/c1-10-4-3-5-12(8-10)18-14-17-11(2)9-13-19-20(7-6-16)15(22)21(13)14/h3-5,8-9H,7H2,1-2H3,(H,17,18). The third kappa shape index (κ3) is 2.42. The smallest absolute Gasteiger partial charge is 0.325 e. The molecule has 0 aliphatic heterocycles. The molecule has 7 nitrogen and oxygen atoms in total. The second kappa shape index (κ2) is 5.33. The highest BCUT2D eigenvalue weighted by Gasteiger charge is 2.12. The zero-order valence-electron chi connectivity index (χ0n) is 12.2. The number of nitrogens with one attached hydrogen (secondary N) is 1. The fourth-order valence-electron chi connectivity index (χ4n) is 2.26. The van der Waals surface area contributed by atoms with Gasteiger partial charge in [-0.1, -0.05) is 12.1 Å². The molecule has 0 fully saturated rings. The number of rotatable bonds is 3. The van der Waals surface area contributed by atoms with Gasteiger partial charge in [-0.05, 0) is 31.5 Å². The monoisotopic (exact) mass is 294 g/mol. The number of nitriles is 1. The molecule has 110 valence electrons. The number of fused-ring (bicyclic) bond motifs is 1. The van der Waals surface area contributed by atoms with Crippen LogP contribution >= 0.6 is 0 Å². The minimum Gasteiger partial charge on any atom is -0.325 e. The van der Waals surface area contributed by atoms with Gasteiger partial charge in [0.2, 0.25) is 5.95 Å². The van der Waals surface area contributed by atoms with Gasteiger partial charge in [-0.3, -0.25) is 0 Å². The van der Waals surface area contributed by atoms with Crippen LogP contribution in [0.5, 0.6) is 0 Å². The predicted octanol–water partition coefficient (Wildman–Crippen LogP) is 1.78. The zero-order valence-corrected chi connectivity index (χ0v) is 12.2. The first-order valence-electron chi connectivity index (χ1n) is 6.76. The molecule has 0 amide bonds. The minimum atomic E-state index is -0.390. The van der Waals surface area contributed by atoms with Crippen molar-refractivity contribution in [2.75, 3.05) is 5.32 Å². The summed E-state index contributed by atoms with van der Waals surface area (Å²) in [7, 11) is 0. The normalized spacial score (nSPS) is 10.6. The van der Waals surface area contributed by atoms with E-state index in [1.807, 2.05) is 44.2 Å². The number of aromatic nitrogens is 4. The first-order chi connectivity index (χ1) is 10.6. The second-order valence-corrected chi connectivity index (χ2v) is 5.01. The molecule has 0 bridgehead atoms. The van der Waals surface area contributed by atoms with Crippen LogP contribution in [0, 0.1) is 25.2 Å². The fourth-order valence-corrected chi connectivity index (χ4v) is 2.26. The van der Waals surface area contributed by atoms with E-state index in [9.17, 15) is 4.79 Å². The predicted molar refractivity (Wildman–Crippen MR) is 82.1 cm³/mol. The lowest BCUT2D eigenvalue weighted by Gasteiger charge is -2.08. The first-order valence-corrected chi connectivity index (χ1v) is 6.76. The van der Waals surface area contributed by atoms with Gasteiger partial charge < -0.3 is 5.32 Å². The van der Waals surface area contributed by atoms with Crippen molar-refractivity contribution in [1.29, 1.82) is 5.26 Å².